The summed E-state index contributed by atoms with van der Waals surface area (Å²) in [6, 6.07) is 15.9. The van der Waals surface area contributed by atoms with Crippen LogP contribution in [0, 0.1) is 10.1 Å². The quantitative estimate of drug-likeness (QED) is 0.524. The fourth-order valence-corrected chi connectivity index (χ4v) is 2.69. The minimum atomic E-state index is -0.705. The Balaban J connectivity index is 1.85. The molecular formula is C20H17N3O5. The second-order valence-electron chi connectivity index (χ2n) is 5.93. The molecule has 0 saturated carbocycles. The van der Waals surface area contributed by atoms with Crippen molar-refractivity contribution in [1.82, 2.24) is 4.57 Å². The Morgan fingerprint density at radius 2 is 1.82 bits per heavy atom. The van der Waals surface area contributed by atoms with E-state index < -0.39 is 16.4 Å². The van der Waals surface area contributed by atoms with Crippen molar-refractivity contribution in [1.29, 1.82) is 0 Å². The SMILES string of the molecule is COc1ccc(Cn2cccc(C(=O)Nc3ccccc3[N+](=O)[O-])c2=O)cc1. The highest BCUT2D eigenvalue weighted by Gasteiger charge is 2.18. The van der Waals surface area contributed by atoms with Crippen molar-refractivity contribution >= 4 is 17.3 Å². The summed E-state index contributed by atoms with van der Waals surface area (Å²) in [5.74, 6) is -0.00272. The van der Waals surface area contributed by atoms with Crippen LogP contribution in [0.4, 0.5) is 11.4 Å². The lowest BCUT2D eigenvalue weighted by molar-refractivity contribution is -0.383. The molecule has 0 aliphatic rings. The third-order valence-corrected chi connectivity index (χ3v) is 4.13. The number of nitrogens with one attached hydrogen (secondary N) is 1. The minimum Gasteiger partial charge on any atom is -0.497 e. The van der Waals surface area contributed by atoms with Crippen LogP contribution in [0.5, 0.6) is 5.75 Å². The second kappa shape index (κ2) is 8.17. The Morgan fingerprint density at radius 3 is 2.50 bits per heavy atom. The van der Waals surface area contributed by atoms with E-state index >= 15 is 0 Å². The Labute approximate surface area is 160 Å². The van der Waals surface area contributed by atoms with Gasteiger partial charge in [-0.15, -0.1) is 0 Å². The number of nitrogens with zero attached hydrogens (tertiary/aromatic N) is 2. The molecule has 2 aromatic carbocycles. The van der Waals surface area contributed by atoms with Gasteiger partial charge in [0.1, 0.15) is 17.0 Å². The molecule has 0 spiro atoms. The van der Waals surface area contributed by atoms with Crippen LogP contribution < -0.4 is 15.6 Å². The first-order chi connectivity index (χ1) is 13.5. The molecule has 0 aliphatic heterocycles. The summed E-state index contributed by atoms with van der Waals surface area (Å²) in [7, 11) is 1.57. The largest absolute Gasteiger partial charge is 0.497 e. The Bertz CT molecular complexity index is 1070. The number of anilines is 1. The fraction of sp³-hybridized carbons (Fsp3) is 0.100. The number of nitro groups is 1. The zero-order chi connectivity index (χ0) is 20.1. The van der Waals surface area contributed by atoms with Crippen molar-refractivity contribution in [3.63, 3.8) is 0 Å². The van der Waals surface area contributed by atoms with Gasteiger partial charge in [-0.05, 0) is 35.9 Å². The molecule has 8 heteroatoms. The minimum absolute atomic E-state index is 0.0301. The number of nitro benzene ring substituents is 1. The third kappa shape index (κ3) is 4.07. The van der Waals surface area contributed by atoms with Crippen molar-refractivity contribution in [3.05, 3.63) is 98.5 Å². The van der Waals surface area contributed by atoms with Crippen LogP contribution in [-0.4, -0.2) is 22.5 Å². The average Bonchev–Trinajstić information content (AvgIpc) is 2.70. The number of methoxy groups -OCH3 is 1. The topological polar surface area (TPSA) is 103 Å². The highest BCUT2D eigenvalue weighted by atomic mass is 16.6. The number of hydrogen-bond donors (Lipinski definition) is 1. The molecule has 0 atom stereocenters. The number of carbonyl (C=O) groups excluding carboxylic acids is 1. The predicted octanol–water partition coefficient (Wildman–Crippen LogP) is 3.07. The zero-order valence-electron chi connectivity index (χ0n) is 15.0. The summed E-state index contributed by atoms with van der Waals surface area (Å²) < 4.78 is 6.51. The van der Waals surface area contributed by atoms with Gasteiger partial charge in [0, 0.05) is 12.3 Å². The predicted molar refractivity (Wildman–Crippen MR) is 104 cm³/mol. The van der Waals surface area contributed by atoms with E-state index in [9.17, 15) is 19.7 Å². The maximum atomic E-state index is 12.7. The van der Waals surface area contributed by atoms with E-state index in [1.165, 1.54) is 28.8 Å². The molecule has 1 heterocycles. The number of pyridine rings is 1. The van der Waals surface area contributed by atoms with Crippen molar-refractivity contribution < 1.29 is 14.5 Å². The molecule has 3 rings (SSSR count). The molecular weight excluding hydrogens is 362 g/mol. The van der Waals surface area contributed by atoms with Gasteiger partial charge in [-0.25, -0.2) is 0 Å². The van der Waals surface area contributed by atoms with E-state index in [1.54, 1.807) is 37.6 Å². The monoisotopic (exact) mass is 379 g/mol. The second-order valence-corrected chi connectivity index (χ2v) is 5.93. The lowest BCUT2D eigenvalue weighted by atomic mass is 10.2. The highest BCUT2D eigenvalue weighted by molar-refractivity contribution is 6.05. The van der Waals surface area contributed by atoms with Crippen molar-refractivity contribution in [2.45, 2.75) is 6.54 Å². The third-order valence-electron chi connectivity index (χ3n) is 4.13. The molecule has 0 bridgehead atoms. The summed E-state index contributed by atoms with van der Waals surface area (Å²) in [5, 5.41) is 13.5. The molecule has 0 unspecified atom stereocenters. The molecule has 1 aromatic heterocycles. The van der Waals surface area contributed by atoms with E-state index in [2.05, 4.69) is 5.32 Å². The standard InChI is InChI=1S/C20H17N3O5/c1-28-15-10-8-14(9-11-15)13-22-12-4-5-16(20(22)25)19(24)21-17-6-2-3-7-18(17)23(26)27/h2-12H,13H2,1H3,(H,21,24). The molecule has 0 fully saturated rings. The van der Waals surface area contributed by atoms with Crippen LogP contribution in [0.15, 0.2) is 71.7 Å². The van der Waals surface area contributed by atoms with Gasteiger partial charge in [0.15, 0.2) is 0 Å². The fourth-order valence-electron chi connectivity index (χ4n) is 2.69. The number of hydrogen-bond acceptors (Lipinski definition) is 5. The number of carbonyl (C=O) groups is 1. The van der Waals surface area contributed by atoms with E-state index in [0.717, 1.165) is 5.56 Å². The molecule has 28 heavy (non-hydrogen) atoms. The number of benzene rings is 2. The number of aromatic nitrogens is 1. The summed E-state index contributed by atoms with van der Waals surface area (Å²) in [6.45, 7) is 0.273. The van der Waals surface area contributed by atoms with Crippen molar-refractivity contribution in [2.75, 3.05) is 12.4 Å². The molecule has 1 N–H and O–H groups in total. The van der Waals surface area contributed by atoms with E-state index in [-0.39, 0.29) is 23.5 Å². The lowest BCUT2D eigenvalue weighted by Gasteiger charge is -2.10. The Morgan fingerprint density at radius 1 is 1.11 bits per heavy atom. The van der Waals surface area contributed by atoms with Gasteiger partial charge in [0.25, 0.3) is 17.2 Å². The Kier molecular flexibility index (Phi) is 5.50. The summed E-state index contributed by atoms with van der Waals surface area (Å²) in [5.41, 5.74) is 0.0514. The van der Waals surface area contributed by atoms with E-state index in [1.807, 2.05) is 12.1 Å². The van der Waals surface area contributed by atoms with Crippen molar-refractivity contribution in [3.8, 4) is 5.75 Å². The van der Waals surface area contributed by atoms with Crippen LogP contribution in [0.3, 0.4) is 0 Å². The van der Waals surface area contributed by atoms with Gasteiger partial charge in [0.05, 0.1) is 18.6 Å². The van der Waals surface area contributed by atoms with Gasteiger partial charge >= 0.3 is 0 Å². The Hall–Kier alpha value is -3.94. The highest BCUT2D eigenvalue weighted by Crippen LogP contribution is 2.23. The summed E-state index contributed by atoms with van der Waals surface area (Å²) in [4.78, 5) is 35.7. The summed E-state index contributed by atoms with van der Waals surface area (Å²) >= 11 is 0. The normalized spacial score (nSPS) is 10.3. The molecule has 0 aliphatic carbocycles. The first-order valence-electron chi connectivity index (χ1n) is 8.37. The number of amides is 1. The van der Waals surface area contributed by atoms with Crippen molar-refractivity contribution in [2.24, 2.45) is 0 Å². The van der Waals surface area contributed by atoms with Gasteiger partial charge in [-0.3, -0.25) is 19.7 Å². The molecule has 1 amide bonds. The molecule has 3 aromatic rings. The van der Waals surface area contributed by atoms with Gasteiger partial charge < -0.3 is 14.6 Å². The van der Waals surface area contributed by atoms with E-state index in [4.69, 9.17) is 4.74 Å². The van der Waals surface area contributed by atoms with E-state index in [0.29, 0.717) is 5.75 Å². The van der Waals surface area contributed by atoms with Crippen LogP contribution in [0.2, 0.25) is 0 Å². The number of para-hydroxylation sites is 2. The average molecular weight is 379 g/mol. The molecule has 0 saturated heterocycles. The first-order valence-corrected chi connectivity index (χ1v) is 8.37. The zero-order valence-corrected chi connectivity index (χ0v) is 15.0. The maximum absolute atomic E-state index is 12.7. The maximum Gasteiger partial charge on any atom is 0.292 e. The summed E-state index contributed by atoms with van der Waals surface area (Å²) in [6.07, 6.45) is 1.58. The molecule has 8 nitrogen and oxygen atoms in total. The molecule has 0 radical (unpaired) electrons. The van der Waals surface area contributed by atoms with Gasteiger partial charge in [-0.1, -0.05) is 24.3 Å². The number of rotatable bonds is 6. The smallest absolute Gasteiger partial charge is 0.292 e. The first kappa shape index (κ1) is 18.8. The van der Waals surface area contributed by atoms with Crippen LogP contribution >= 0.6 is 0 Å². The van der Waals surface area contributed by atoms with Crippen LogP contribution in [0.25, 0.3) is 0 Å². The lowest BCUT2D eigenvalue weighted by Crippen LogP contribution is -2.29. The van der Waals surface area contributed by atoms with Crippen LogP contribution in [-0.2, 0) is 6.54 Å². The van der Waals surface area contributed by atoms with Gasteiger partial charge in [0.2, 0.25) is 0 Å². The van der Waals surface area contributed by atoms with Crippen LogP contribution in [0.1, 0.15) is 15.9 Å². The number of ether oxygens (including phenoxy) is 1. The van der Waals surface area contributed by atoms with Gasteiger partial charge in [-0.2, -0.15) is 0 Å². The molecule has 142 valence electrons.